The molecule has 0 amide bonds. The van der Waals surface area contributed by atoms with Gasteiger partial charge in [-0.25, -0.2) is 0 Å². The molecule has 2 rings (SSSR count). The van der Waals surface area contributed by atoms with Crippen LogP contribution in [0.1, 0.15) is 54.4 Å². The predicted molar refractivity (Wildman–Crippen MR) is 88.8 cm³/mol. The Morgan fingerprint density at radius 3 is 1.62 bits per heavy atom. The van der Waals surface area contributed by atoms with Crippen molar-refractivity contribution in [3.63, 3.8) is 0 Å². The SMILES string of the molecule is CC(C)(C)[C@@H]1C[C@@]2(CN(CC(F)(F)F)CC(F)(F)F)CC2N1C(C)(C)C. The molecule has 0 spiro atoms. The van der Waals surface area contributed by atoms with E-state index >= 15 is 0 Å². The molecule has 1 saturated heterocycles. The monoisotopic (exact) mass is 388 g/mol. The average Bonchev–Trinajstić information content (AvgIpc) is 2.84. The van der Waals surface area contributed by atoms with Crippen LogP contribution in [0.4, 0.5) is 26.3 Å². The number of nitrogens with zero attached hydrogens (tertiary/aromatic N) is 2. The van der Waals surface area contributed by atoms with Gasteiger partial charge >= 0.3 is 12.4 Å². The number of hydrogen-bond acceptors (Lipinski definition) is 2. The van der Waals surface area contributed by atoms with Gasteiger partial charge in [0.15, 0.2) is 0 Å². The van der Waals surface area contributed by atoms with Gasteiger partial charge in [-0.3, -0.25) is 9.80 Å². The summed E-state index contributed by atoms with van der Waals surface area (Å²) in [6.45, 7) is 9.23. The second-order valence-corrected chi connectivity index (χ2v) is 10.1. The number of rotatable bonds is 4. The molecule has 1 heterocycles. The van der Waals surface area contributed by atoms with Gasteiger partial charge in [-0.05, 0) is 39.0 Å². The first-order valence-corrected chi connectivity index (χ1v) is 8.98. The highest BCUT2D eigenvalue weighted by Crippen LogP contribution is 2.64. The Hall–Kier alpha value is -0.500. The van der Waals surface area contributed by atoms with Crippen molar-refractivity contribution in [1.29, 1.82) is 0 Å². The molecule has 0 aromatic heterocycles. The second kappa shape index (κ2) is 6.26. The summed E-state index contributed by atoms with van der Waals surface area (Å²) in [7, 11) is 0. The molecule has 1 unspecified atom stereocenters. The molecule has 2 aliphatic rings. The number of alkyl halides is 6. The van der Waals surface area contributed by atoms with Crippen LogP contribution in [0.3, 0.4) is 0 Å². The van der Waals surface area contributed by atoms with Crippen molar-refractivity contribution in [3.8, 4) is 0 Å². The van der Waals surface area contributed by atoms with E-state index in [0.717, 1.165) is 0 Å². The van der Waals surface area contributed by atoms with Crippen LogP contribution in [0, 0.1) is 10.8 Å². The lowest BCUT2D eigenvalue weighted by Gasteiger charge is -2.45. The van der Waals surface area contributed by atoms with Crippen molar-refractivity contribution in [1.82, 2.24) is 9.80 Å². The Labute approximate surface area is 151 Å². The van der Waals surface area contributed by atoms with E-state index in [1.54, 1.807) is 0 Å². The fourth-order valence-corrected chi connectivity index (χ4v) is 4.65. The van der Waals surface area contributed by atoms with E-state index in [9.17, 15) is 26.3 Å². The Morgan fingerprint density at radius 1 is 0.846 bits per heavy atom. The number of halogens is 6. The van der Waals surface area contributed by atoms with E-state index in [-0.39, 0.29) is 29.6 Å². The minimum Gasteiger partial charge on any atom is -0.291 e. The zero-order valence-corrected chi connectivity index (χ0v) is 16.4. The summed E-state index contributed by atoms with van der Waals surface area (Å²) in [5.41, 5.74) is -0.742. The summed E-state index contributed by atoms with van der Waals surface area (Å²) >= 11 is 0. The van der Waals surface area contributed by atoms with Crippen molar-refractivity contribution >= 4 is 0 Å². The number of likely N-dealkylation sites (tertiary alicyclic amines) is 1. The van der Waals surface area contributed by atoms with E-state index in [2.05, 4.69) is 46.4 Å². The highest BCUT2D eigenvalue weighted by molar-refractivity contribution is 5.21. The molecule has 2 nitrogen and oxygen atoms in total. The van der Waals surface area contributed by atoms with Crippen LogP contribution in [0.2, 0.25) is 0 Å². The average molecular weight is 388 g/mol. The molecule has 154 valence electrons. The Morgan fingerprint density at radius 2 is 1.31 bits per heavy atom. The van der Waals surface area contributed by atoms with Gasteiger partial charge in [0.05, 0.1) is 13.1 Å². The van der Waals surface area contributed by atoms with Gasteiger partial charge in [0.2, 0.25) is 0 Å². The summed E-state index contributed by atoms with van der Waals surface area (Å²) < 4.78 is 76.8. The third kappa shape index (κ3) is 5.06. The minimum atomic E-state index is -4.64. The first-order chi connectivity index (χ1) is 11.3. The van der Waals surface area contributed by atoms with Gasteiger partial charge in [0.25, 0.3) is 0 Å². The molecule has 0 bridgehead atoms. The van der Waals surface area contributed by atoms with Crippen LogP contribution in [-0.4, -0.2) is 59.4 Å². The van der Waals surface area contributed by atoms with Crippen molar-refractivity contribution < 1.29 is 26.3 Å². The zero-order valence-electron chi connectivity index (χ0n) is 16.4. The Balaban J connectivity index is 2.22. The van der Waals surface area contributed by atoms with Crippen molar-refractivity contribution in [3.05, 3.63) is 0 Å². The third-order valence-electron chi connectivity index (χ3n) is 5.54. The van der Waals surface area contributed by atoms with E-state index in [0.29, 0.717) is 17.7 Å². The van der Waals surface area contributed by atoms with Crippen LogP contribution in [0.25, 0.3) is 0 Å². The van der Waals surface area contributed by atoms with Gasteiger partial charge in [-0.2, -0.15) is 26.3 Å². The number of hydrogen-bond donors (Lipinski definition) is 0. The summed E-state index contributed by atoms with van der Waals surface area (Å²) in [5, 5.41) is 0. The lowest BCUT2D eigenvalue weighted by Crippen LogP contribution is -2.51. The third-order valence-corrected chi connectivity index (χ3v) is 5.54. The molecule has 0 radical (unpaired) electrons. The highest BCUT2D eigenvalue weighted by atomic mass is 19.4. The van der Waals surface area contributed by atoms with Gasteiger partial charge in [-0.1, -0.05) is 20.8 Å². The fraction of sp³-hybridized carbons (Fsp3) is 1.00. The Kier molecular flexibility index (Phi) is 5.25. The standard InChI is InChI=1S/C18H30F6N2/c1-14(2,3)12-7-16(8-13(16)26(12)15(4,5)6)9-25(10-17(19,20)21)11-18(22,23)24/h12-13H,7-11H2,1-6H3/t12-,13?,16-/m0/s1. The summed E-state index contributed by atoms with van der Waals surface area (Å²) in [4.78, 5) is 2.87. The van der Waals surface area contributed by atoms with E-state index < -0.39 is 30.9 Å². The quantitative estimate of drug-likeness (QED) is 0.619. The van der Waals surface area contributed by atoms with E-state index in [1.807, 2.05) is 0 Å². The summed E-state index contributed by atoms with van der Waals surface area (Å²) in [5.74, 6) is 0. The maximum atomic E-state index is 12.8. The molecule has 2 fully saturated rings. The summed E-state index contributed by atoms with van der Waals surface area (Å²) in [6, 6.07) is 0.190. The fourth-order valence-electron chi connectivity index (χ4n) is 4.65. The smallest absolute Gasteiger partial charge is 0.291 e. The maximum Gasteiger partial charge on any atom is 0.401 e. The molecular formula is C18H30F6N2. The van der Waals surface area contributed by atoms with Crippen LogP contribution in [0.5, 0.6) is 0 Å². The molecule has 0 aromatic rings. The largest absolute Gasteiger partial charge is 0.401 e. The molecule has 0 aromatic carbocycles. The molecule has 3 atom stereocenters. The molecule has 8 heteroatoms. The van der Waals surface area contributed by atoms with E-state index in [1.165, 1.54) is 0 Å². The second-order valence-electron chi connectivity index (χ2n) is 10.1. The van der Waals surface area contributed by atoms with Crippen molar-refractivity contribution in [2.24, 2.45) is 10.8 Å². The van der Waals surface area contributed by atoms with Gasteiger partial charge in [-0.15, -0.1) is 0 Å². The van der Waals surface area contributed by atoms with Crippen LogP contribution in [0.15, 0.2) is 0 Å². The summed E-state index contributed by atoms with van der Waals surface area (Å²) in [6.07, 6.45) is -7.97. The van der Waals surface area contributed by atoms with Gasteiger partial charge in [0, 0.05) is 29.6 Å². The van der Waals surface area contributed by atoms with Crippen LogP contribution >= 0.6 is 0 Å². The molecule has 1 aliphatic heterocycles. The topological polar surface area (TPSA) is 6.48 Å². The van der Waals surface area contributed by atoms with E-state index in [4.69, 9.17) is 0 Å². The van der Waals surface area contributed by atoms with Crippen molar-refractivity contribution in [2.45, 2.75) is 84.4 Å². The highest BCUT2D eigenvalue weighted by Gasteiger charge is 2.68. The number of fused-ring (bicyclic) bond motifs is 1. The van der Waals surface area contributed by atoms with Crippen LogP contribution in [-0.2, 0) is 0 Å². The first kappa shape index (κ1) is 21.8. The first-order valence-electron chi connectivity index (χ1n) is 8.98. The normalized spacial score (nSPS) is 30.8. The molecule has 26 heavy (non-hydrogen) atoms. The molecule has 0 N–H and O–H groups in total. The van der Waals surface area contributed by atoms with Gasteiger partial charge < -0.3 is 0 Å². The minimum absolute atomic E-state index is 0.0516. The van der Waals surface area contributed by atoms with Crippen molar-refractivity contribution in [2.75, 3.05) is 19.6 Å². The maximum absolute atomic E-state index is 12.8. The predicted octanol–water partition coefficient (Wildman–Crippen LogP) is 5.09. The Bertz CT molecular complexity index is 498. The molecular weight excluding hydrogens is 358 g/mol. The molecule has 1 saturated carbocycles. The number of piperidine rings is 1. The molecule has 1 aliphatic carbocycles. The zero-order chi connectivity index (χ0) is 20.3. The van der Waals surface area contributed by atoms with Gasteiger partial charge in [0.1, 0.15) is 0 Å². The lowest BCUT2D eigenvalue weighted by molar-refractivity contribution is -0.182. The lowest BCUT2D eigenvalue weighted by atomic mass is 9.80. The van der Waals surface area contributed by atoms with Crippen LogP contribution < -0.4 is 0 Å².